The molecule has 4 atom stereocenters. The number of nitrogens with one attached hydrogen (secondary N) is 1. The van der Waals surface area contributed by atoms with E-state index in [1.165, 1.54) is 43.4 Å². The Kier molecular flexibility index (Phi) is 5.12. The molecule has 1 aromatic rings. The monoisotopic (exact) mass is 375 g/mol. The molecule has 4 heteroatoms. The van der Waals surface area contributed by atoms with Crippen molar-refractivity contribution >= 4 is 38.9 Å². The van der Waals surface area contributed by atoms with Gasteiger partial charge >= 0.3 is 0 Å². The molecule has 2 fully saturated rings. The molecule has 3 rings (SSSR count). The Morgan fingerprint density at radius 3 is 2.85 bits per heavy atom. The summed E-state index contributed by atoms with van der Waals surface area (Å²) in [6.07, 6.45) is 8.42. The van der Waals surface area contributed by atoms with Crippen molar-refractivity contribution in [3.8, 4) is 0 Å². The second-order valence-electron chi connectivity index (χ2n) is 6.45. The summed E-state index contributed by atoms with van der Waals surface area (Å²) in [5.74, 6) is 2.98. The van der Waals surface area contributed by atoms with Crippen LogP contribution in [-0.2, 0) is 0 Å². The predicted molar refractivity (Wildman–Crippen MR) is 91.6 cm³/mol. The highest BCUT2D eigenvalue weighted by Crippen LogP contribution is 2.51. The topological polar surface area (TPSA) is 12.0 Å². The molecule has 0 amide bonds. The second kappa shape index (κ2) is 6.68. The Labute approximate surface area is 139 Å². The molecule has 2 saturated carbocycles. The van der Waals surface area contributed by atoms with Crippen LogP contribution in [-0.4, -0.2) is 6.54 Å². The Morgan fingerprint density at radius 1 is 1.45 bits per heavy atom. The molecule has 1 heterocycles. The van der Waals surface area contributed by atoms with E-state index in [0.29, 0.717) is 6.04 Å². The lowest BCUT2D eigenvalue weighted by Gasteiger charge is -2.27. The number of fused-ring (bicyclic) bond motifs is 2. The minimum atomic E-state index is 0.494. The minimum absolute atomic E-state index is 0.494. The van der Waals surface area contributed by atoms with Gasteiger partial charge in [-0.25, -0.2) is 0 Å². The van der Waals surface area contributed by atoms with Crippen LogP contribution in [0.2, 0.25) is 4.34 Å². The molecule has 2 bridgehead atoms. The average molecular weight is 377 g/mol. The molecule has 2 aliphatic carbocycles. The summed E-state index contributed by atoms with van der Waals surface area (Å²) in [6.45, 7) is 3.33. The quantitative estimate of drug-likeness (QED) is 0.639. The third kappa shape index (κ3) is 3.26. The van der Waals surface area contributed by atoms with Gasteiger partial charge in [0.05, 0.1) is 0 Å². The average Bonchev–Trinajstić information content (AvgIpc) is 3.11. The molecule has 4 unspecified atom stereocenters. The van der Waals surface area contributed by atoms with E-state index in [0.717, 1.165) is 33.1 Å². The fourth-order valence-electron chi connectivity index (χ4n) is 4.12. The summed E-state index contributed by atoms with van der Waals surface area (Å²) in [5.41, 5.74) is 0. The van der Waals surface area contributed by atoms with Crippen LogP contribution in [0.3, 0.4) is 0 Å². The van der Waals surface area contributed by atoms with Crippen molar-refractivity contribution in [1.29, 1.82) is 0 Å². The lowest BCUT2D eigenvalue weighted by Crippen LogP contribution is -2.25. The molecule has 0 radical (unpaired) electrons. The van der Waals surface area contributed by atoms with Gasteiger partial charge in [0.1, 0.15) is 4.34 Å². The van der Waals surface area contributed by atoms with Gasteiger partial charge < -0.3 is 5.32 Å². The summed E-state index contributed by atoms with van der Waals surface area (Å²) in [6, 6.07) is 2.71. The summed E-state index contributed by atoms with van der Waals surface area (Å²) in [7, 11) is 0. The first-order chi connectivity index (χ1) is 9.67. The molecule has 0 saturated heterocycles. The number of halogens is 2. The highest BCUT2D eigenvalue weighted by molar-refractivity contribution is 9.10. The first-order valence-electron chi connectivity index (χ1n) is 7.85. The van der Waals surface area contributed by atoms with E-state index in [1.807, 2.05) is 0 Å². The molecule has 2 aliphatic rings. The predicted octanol–water partition coefficient (Wildman–Crippen LogP) is 6.03. The van der Waals surface area contributed by atoms with Crippen LogP contribution in [0.25, 0.3) is 0 Å². The standard InChI is InChI=1S/C16H23BrClNS/c1-2-5-19-14(15-9-13(17)16(18)20-15)8-12-7-10-3-4-11(12)6-10/h9-12,14,19H,2-8H2,1H3. The Morgan fingerprint density at radius 2 is 2.30 bits per heavy atom. The fourth-order valence-corrected chi connectivity index (χ4v) is 5.95. The van der Waals surface area contributed by atoms with E-state index in [1.54, 1.807) is 11.3 Å². The first-order valence-corrected chi connectivity index (χ1v) is 9.84. The summed E-state index contributed by atoms with van der Waals surface area (Å²) < 4.78 is 1.94. The van der Waals surface area contributed by atoms with Crippen LogP contribution in [0.5, 0.6) is 0 Å². The van der Waals surface area contributed by atoms with Gasteiger partial charge in [-0.2, -0.15) is 0 Å². The maximum absolute atomic E-state index is 6.23. The highest BCUT2D eigenvalue weighted by atomic mass is 79.9. The molecule has 0 aromatic carbocycles. The maximum Gasteiger partial charge on any atom is 0.107 e. The molecule has 1 N–H and O–H groups in total. The van der Waals surface area contributed by atoms with Gasteiger partial charge in [0.2, 0.25) is 0 Å². The summed E-state index contributed by atoms with van der Waals surface area (Å²) in [5, 5.41) is 3.74. The van der Waals surface area contributed by atoms with Gasteiger partial charge in [0, 0.05) is 15.4 Å². The van der Waals surface area contributed by atoms with Crippen molar-refractivity contribution < 1.29 is 0 Å². The molecule has 0 spiro atoms. The van der Waals surface area contributed by atoms with Crippen molar-refractivity contribution in [2.24, 2.45) is 17.8 Å². The van der Waals surface area contributed by atoms with Crippen molar-refractivity contribution in [3.63, 3.8) is 0 Å². The van der Waals surface area contributed by atoms with Gasteiger partial charge in [-0.1, -0.05) is 24.9 Å². The zero-order valence-corrected chi connectivity index (χ0v) is 15.2. The Balaban J connectivity index is 1.69. The van der Waals surface area contributed by atoms with Crippen LogP contribution in [0.15, 0.2) is 10.5 Å². The third-order valence-electron chi connectivity index (χ3n) is 5.07. The Bertz CT molecular complexity index is 442. The molecule has 0 aliphatic heterocycles. The number of rotatable bonds is 6. The maximum atomic E-state index is 6.23. The smallest absolute Gasteiger partial charge is 0.107 e. The van der Waals surface area contributed by atoms with Crippen molar-refractivity contribution in [2.75, 3.05) is 6.54 Å². The van der Waals surface area contributed by atoms with Crippen LogP contribution < -0.4 is 5.32 Å². The molecule has 20 heavy (non-hydrogen) atoms. The van der Waals surface area contributed by atoms with E-state index < -0.39 is 0 Å². The van der Waals surface area contributed by atoms with E-state index in [2.05, 4.69) is 34.2 Å². The fraction of sp³-hybridized carbons (Fsp3) is 0.750. The molecule has 112 valence electrons. The van der Waals surface area contributed by atoms with Crippen molar-refractivity contribution in [1.82, 2.24) is 5.32 Å². The second-order valence-corrected chi connectivity index (χ2v) is 8.99. The van der Waals surface area contributed by atoms with E-state index >= 15 is 0 Å². The zero-order valence-electron chi connectivity index (χ0n) is 12.0. The van der Waals surface area contributed by atoms with Crippen LogP contribution in [0.4, 0.5) is 0 Å². The van der Waals surface area contributed by atoms with Gasteiger partial charge in [-0.15, -0.1) is 11.3 Å². The normalized spacial score (nSPS) is 30.1. The molecule has 1 aromatic heterocycles. The van der Waals surface area contributed by atoms with Gasteiger partial charge in [-0.05, 0) is 78.4 Å². The number of thiophene rings is 1. The van der Waals surface area contributed by atoms with Gasteiger partial charge in [0.25, 0.3) is 0 Å². The first kappa shape index (κ1) is 15.3. The lowest BCUT2D eigenvalue weighted by molar-refractivity contribution is 0.280. The van der Waals surface area contributed by atoms with Gasteiger partial charge in [0.15, 0.2) is 0 Å². The van der Waals surface area contributed by atoms with Gasteiger partial charge in [-0.3, -0.25) is 0 Å². The van der Waals surface area contributed by atoms with Crippen LogP contribution in [0, 0.1) is 17.8 Å². The zero-order chi connectivity index (χ0) is 14.1. The van der Waals surface area contributed by atoms with Crippen LogP contribution >= 0.6 is 38.9 Å². The van der Waals surface area contributed by atoms with E-state index in [4.69, 9.17) is 11.6 Å². The van der Waals surface area contributed by atoms with E-state index in [9.17, 15) is 0 Å². The highest BCUT2D eigenvalue weighted by Gasteiger charge is 2.40. The number of hydrogen-bond acceptors (Lipinski definition) is 2. The van der Waals surface area contributed by atoms with Crippen LogP contribution in [0.1, 0.15) is 56.4 Å². The Hall–Kier alpha value is 0.430. The number of hydrogen-bond donors (Lipinski definition) is 1. The lowest BCUT2D eigenvalue weighted by atomic mass is 9.84. The molecular formula is C16H23BrClNS. The third-order valence-corrected chi connectivity index (χ3v) is 7.66. The largest absolute Gasteiger partial charge is 0.309 e. The minimum Gasteiger partial charge on any atom is -0.309 e. The van der Waals surface area contributed by atoms with Crippen molar-refractivity contribution in [2.45, 2.75) is 51.5 Å². The SMILES string of the molecule is CCCNC(CC1CC2CCC1C2)c1cc(Br)c(Cl)s1. The summed E-state index contributed by atoms with van der Waals surface area (Å²) >= 11 is 11.5. The summed E-state index contributed by atoms with van der Waals surface area (Å²) in [4.78, 5) is 1.40. The molecule has 1 nitrogen and oxygen atoms in total. The van der Waals surface area contributed by atoms with E-state index in [-0.39, 0.29) is 0 Å². The molecular weight excluding hydrogens is 354 g/mol. The van der Waals surface area contributed by atoms with Crippen molar-refractivity contribution in [3.05, 3.63) is 19.8 Å².